The van der Waals surface area contributed by atoms with Crippen molar-refractivity contribution in [3.8, 4) is 0 Å². The molecule has 0 unspecified atom stereocenters. The first-order valence-electron chi connectivity index (χ1n) is 5.07. The van der Waals surface area contributed by atoms with Crippen LogP contribution < -0.4 is 0 Å². The highest BCUT2D eigenvalue weighted by Crippen LogP contribution is 2.25. The van der Waals surface area contributed by atoms with Gasteiger partial charge < -0.3 is 0 Å². The number of aryl methyl sites for hydroxylation is 2. The van der Waals surface area contributed by atoms with Crippen LogP contribution in [0.1, 0.15) is 30.5 Å². The predicted molar refractivity (Wildman–Crippen MR) is 67.2 cm³/mol. The fourth-order valence-electron chi connectivity index (χ4n) is 1.61. The van der Waals surface area contributed by atoms with E-state index in [1.165, 1.54) is 16.7 Å². The Morgan fingerprint density at radius 3 is 2.36 bits per heavy atom. The Morgan fingerprint density at radius 1 is 1.21 bits per heavy atom. The molecule has 0 nitrogen and oxygen atoms in total. The van der Waals surface area contributed by atoms with Crippen LogP contribution >= 0.6 is 15.9 Å². The molecule has 0 radical (unpaired) electrons. The zero-order valence-corrected chi connectivity index (χ0v) is 11.1. The Hall–Kier alpha value is -0.300. The summed E-state index contributed by atoms with van der Waals surface area (Å²) in [6, 6.07) is 6.72. The molecule has 1 rings (SSSR count). The van der Waals surface area contributed by atoms with Gasteiger partial charge >= 0.3 is 0 Å². The lowest BCUT2D eigenvalue weighted by Gasteiger charge is -2.22. The largest absolute Gasteiger partial charge is 0.0922 e. The average molecular weight is 255 g/mol. The Kier molecular flexibility index (Phi) is 3.77. The van der Waals surface area contributed by atoms with Crippen molar-refractivity contribution in [2.24, 2.45) is 5.41 Å². The Labute approximate surface area is 95.9 Å². The molecule has 0 saturated heterocycles. The Morgan fingerprint density at radius 2 is 1.86 bits per heavy atom. The summed E-state index contributed by atoms with van der Waals surface area (Å²) in [6.45, 7) is 8.93. The molecule has 0 aliphatic heterocycles. The van der Waals surface area contributed by atoms with Crippen LogP contribution in [0, 0.1) is 19.3 Å². The molecular weight excluding hydrogens is 236 g/mol. The van der Waals surface area contributed by atoms with Crippen molar-refractivity contribution in [3.05, 3.63) is 34.9 Å². The first kappa shape index (κ1) is 11.8. The second kappa shape index (κ2) is 4.48. The minimum absolute atomic E-state index is 0.347. The highest BCUT2D eigenvalue weighted by Gasteiger charge is 2.17. The summed E-state index contributed by atoms with van der Waals surface area (Å²) in [4.78, 5) is 0. The molecule has 0 aliphatic carbocycles. The van der Waals surface area contributed by atoms with Gasteiger partial charge in [0.25, 0.3) is 0 Å². The molecule has 1 aromatic carbocycles. The maximum Gasteiger partial charge on any atom is 0.00858 e. The van der Waals surface area contributed by atoms with Gasteiger partial charge in [-0.05, 0) is 36.8 Å². The van der Waals surface area contributed by atoms with E-state index in [0.717, 1.165) is 11.8 Å². The van der Waals surface area contributed by atoms with Gasteiger partial charge in [-0.15, -0.1) is 0 Å². The quantitative estimate of drug-likeness (QED) is 0.707. The van der Waals surface area contributed by atoms with E-state index < -0.39 is 0 Å². The Balaban J connectivity index is 2.87. The predicted octanol–water partition coefficient (Wildman–Crippen LogP) is 4.27. The third-order valence-electron chi connectivity index (χ3n) is 2.53. The minimum atomic E-state index is 0.347. The number of halogens is 1. The summed E-state index contributed by atoms with van der Waals surface area (Å²) in [7, 11) is 0. The highest BCUT2D eigenvalue weighted by atomic mass is 79.9. The molecule has 0 heterocycles. The highest BCUT2D eigenvalue weighted by molar-refractivity contribution is 9.09. The van der Waals surface area contributed by atoms with Crippen molar-refractivity contribution in [1.29, 1.82) is 0 Å². The van der Waals surface area contributed by atoms with E-state index >= 15 is 0 Å². The molecule has 0 aliphatic rings. The van der Waals surface area contributed by atoms with E-state index in [-0.39, 0.29) is 0 Å². The molecule has 1 aromatic rings. The maximum absolute atomic E-state index is 3.57. The van der Waals surface area contributed by atoms with Gasteiger partial charge in [0, 0.05) is 5.33 Å². The topological polar surface area (TPSA) is 0 Å². The molecule has 0 saturated carbocycles. The molecule has 0 N–H and O–H groups in total. The van der Waals surface area contributed by atoms with Gasteiger partial charge in [-0.25, -0.2) is 0 Å². The fraction of sp³-hybridized carbons (Fsp3) is 0.538. The molecule has 14 heavy (non-hydrogen) atoms. The van der Waals surface area contributed by atoms with E-state index in [9.17, 15) is 0 Å². The molecule has 78 valence electrons. The van der Waals surface area contributed by atoms with E-state index in [1.807, 2.05) is 0 Å². The van der Waals surface area contributed by atoms with Crippen molar-refractivity contribution in [3.63, 3.8) is 0 Å². The number of benzene rings is 1. The number of hydrogen-bond donors (Lipinski definition) is 0. The lowest BCUT2D eigenvalue weighted by molar-refractivity contribution is 0.424. The summed E-state index contributed by atoms with van der Waals surface area (Å²) in [6.07, 6.45) is 1.14. The molecule has 0 amide bonds. The van der Waals surface area contributed by atoms with E-state index in [4.69, 9.17) is 0 Å². The van der Waals surface area contributed by atoms with Crippen LogP contribution in [0.15, 0.2) is 18.2 Å². The van der Waals surface area contributed by atoms with Crippen LogP contribution in [-0.2, 0) is 6.42 Å². The molecule has 0 aromatic heterocycles. The van der Waals surface area contributed by atoms with Crippen LogP contribution in [0.2, 0.25) is 0 Å². The minimum Gasteiger partial charge on any atom is -0.0922 e. The zero-order valence-electron chi connectivity index (χ0n) is 9.52. The van der Waals surface area contributed by atoms with E-state index in [2.05, 4.69) is 61.8 Å². The monoisotopic (exact) mass is 254 g/mol. The first-order chi connectivity index (χ1) is 6.44. The number of rotatable bonds is 3. The standard InChI is InChI=1S/C13H19Br/c1-10-5-6-12(11(2)7-10)8-13(3,4)9-14/h5-7H,8-9H2,1-4H3. The second-order valence-electron chi connectivity index (χ2n) is 4.90. The lowest BCUT2D eigenvalue weighted by Crippen LogP contribution is -2.17. The van der Waals surface area contributed by atoms with Gasteiger partial charge in [-0.3, -0.25) is 0 Å². The van der Waals surface area contributed by atoms with Crippen LogP contribution in [0.5, 0.6) is 0 Å². The molecular formula is C13H19Br. The van der Waals surface area contributed by atoms with Crippen LogP contribution in [0.25, 0.3) is 0 Å². The summed E-state index contributed by atoms with van der Waals surface area (Å²) in [5, 5.41) is 1.05. The number of alkyl halides is 1. The van der Waals surface area contributed by atoms with Gasteiger partial charge in [0.2, 0.25) is 0 Å². The van der Waals surface area contributed by atoms with Crippen molar-refractivity contribution in [2.45, 2.75) is 34.1 Å². The van der Waals surface area contributed by atoms with Crippen LogP contribution in [0.4, 0.5) is 0 Å². The van der Waals surface area contributed by atoms with E-state index in [1.54, 1.807) is 0 Å². The van der Waals surface area contributed by atoms with Gasteiger partial charge in [0.1, 0.15) is 0 Å². The summed E-state index contributed by atoms with van der Waals surface area (Å²) < 4.78 is 0. The molecule has 0 fully saturated rings. The van der Waals surface area contributed by atoms with E-state index in [0.29, 0.717) is 5.41 Å². The zero-order chi connectivity index (χ0) is 10.8. The van der Waals surface area contributed by atoms with Gasteiger partial charge in [0.05, 0.1) is 0 Å². The molecule has 0 bridgehead atoms. The Bertz CT molecular complexity index is 313. The first-order valence-corrected chi connectivity index (χ1v) is 6.19. The second-order valence-corrected chi connectivity index (χ2v) is 5.47. The smallest absolute Gasteiger partial charge is 0.00858 e. The van der Waals surface area contributed by atoms with Crippen LogP contribution in [0.3, 0.4) is 0 Å². The maximum atomic E-state index is 3.57. The van der Waals surface area contributed by atoms with Crippen molar-refractivity contribution in [2.75, 3.05) is 5.33 Å². The summed E-state index contributed by atoms with van der Waals surface area (Å²) in [5.74, 6) is 0. The third kappa shape index (κ3) is 3.13. The summed E-state index contributed by atoms with van der Waals surface area (Å²) in [5.41, 5.74) is 4.59. The van der Waals surface area contributed by atoms with Crippen molar-refractivity contribution < 1.29 is 0 Å². The molecule has 0 atom stereocenters. The molecule has 1 heteroatoms. The molecule has 0 spiro atoms. The van der Waals surface area contributed by atoms with Gasteiger partial charge in [0.15, 0.2) is 0 Å². The summed E-state index contributed by atoms with van der Waals surface area (Å²) >= 11 is 3.57. The normalized spacial score (nSPS) is 11.8. The van der Waals surface area contributed by atoms with Gasteiger partial charge in [-0.2, -0.15) is 0 Å². The fourth-order valence-corrected chi connectivity index (χ4v) is 1.81. The van der Waals surface area contributed by atoms with Crippen LogP contribution in [-0.4, -0.2) is 5.33 Å². The van der Waals surface area contributed by atoms with Gasteiger partial charge in [-0.1, -0.05) is 53.5 Å². The SMILES string of the molecule is Cc1ccc(CC(C)(C)CBr)c(C)c1. The average Bonchev–Trinajstić information content (AvgIpc) is 2.10. The van der Waals surface area contributed by atoms with Crippen molar-refractivity contribution in [1.82, 2.24) is 0 Å². The van der Waals surface area contributed by atoms with Crippen molar-refractivity contribution >= 4 is 15.9 Å². The third-order valence-corrected chi connectivity index (χ3v) is 4.05. The lowest BCUT2D eigenvalue weighted by atomic mass is 9.86. The number of hydrogen-bond acceptors (Lipinski definition) is 0.